The van der Waals surface area contributed by atoms with E-state index in [1.807, 2.05) is 6.92 Å². The van der Waals surface area contributed by atoms with Crippen molar-refractivity contribution in [3.8, 4) is 11.8 Å². The molecule has 1 rings (SSSR count). The zero-order valence-electron chi connectivity index (χ0n) is 10.0. The Kier molecular flexibility index (Phi) is 4.98. The van der Waals surface area contributed by atoms with Gasteiger partial charge in [-0.2, -0.15) is 0 Å². The van der Waals surface area contributed by atoms with Crippen molar-refractivity contribution in [2.45, 2.75) is 40.0 Å². The Balaban J connectivity index is 2.58. The average molecular weight is 200 g/mol. The molecule has 0 amide bonds. The van der Waals surface area contributed by atoms with Crippen molar-refractivity contribution in [3.05, 3.63) is 35.4 Å². The summed E-state index contributed by atoms with van der Waals surface area (Å²) in [6.07, 6.45) is 3.47. The zero-order chi connectivity index (χ0) is 11.1. The van der Waals surface area contributed by atoms with Crippen LogP contribution in [0.2, 0.25) is 0 Å². The maximum Gasteiger partial charge on any atom is 0.0214 e. The lowest BCUT2D eigenvalue weighted by Gasteiger charge is -2.05. The molecule has 0 heteroatoms. The monoisotopic (exact) mass is 200 g/mol. The lowest BCUT2D eigenvalue weighted by atomic mass is 9.99. The van der Waals surface area contributed by atoms with Crippen LogP contribution in [0.15, 0.2) is 24.3 Å². The second-order valence-electron chi connectivity index (χ2n) is 4.07. The molecule has 0 heterocycles. The molecular formula is C15H20. The summed E-state index contributed by atoms with van der Waals surface area (Å²) in [7, 11) is 0. The van der Waals surface area contributed by atoms with Crippen molar-refractivity contribution in [1.29, 1.82) is 0 Å². The molecule has 0 bridgehead atoms. The van der Waals surface area contributed by atoms with Gasteiger partial charge in [0.2, 0.25) is 0 Å². The maximum absolute atomic E-state index is 3.18. The fraction of sp³-hybridized carbons (Fsp3) is 0.467. The quantitative estimate of drug-likeness (QED) is 0.648. The SMILES string of the molecule is CC#CC(C)Cc1ccc(CCC)cc1. The number of aryl methyl sites for hydroxylation is 1. The van der Waals surface area contributed by atoms with Gasteiger partial charge in [0.25, 0.3) is 0 Å². The number of hydrogen-bond acceptors (Lipinski definition) is 0. The third-order valence-corrected chi connectivity index (χ3v) is 2.49. The first kappa shape index (κ1) is 11.9. The molecule has 0 N–H and O–H groups in total. The van der Waals surface area contributed by atoms with Crippen LogP contribution in [0.3, 0.4) is 0 Å². The van der Waals surface area contributed by atoms with Gasteiger partial charge in [-0.05, 0) is 30.9 Å². The van der Waals surface area contributed by atoms with Gasteiger partial charge < -0.3 is 0 Å². The van der Waals surface area contributed by atoms with Gasteiger partial charge >= 0.3 is 0 Å². The van der Waals surface area contributed by atoms with Crippen LogP contribution in [0.1, 0.15) is 38.3 Å². The molecule has 0 radical (unpaired) electrons. The molecule has 0 saturated carbocycles. The lowest BCUT2D eigenvalue weighted by Crippen LogP contribution is -1.96. The van der Waals surface area contributed by atoms with Crippen LogP contribution in [0, 0.1) is 17.8 Å². The molecule has 0 fully saturated rings. The van der Waals surface area contributed by atoms with Gasteiger partial charge in [-0.25, -0.2) is 0 Å². The average Bonchev–Trinajstić information content (AvgIpc) is 2.22. The van der Waals surface area contributed by atoms with Crippen LogP contribution < -0.4 is 0 Å². The summed E-state index contributed by atoms with van der Waals surface area (Å²) in [5.74, 6) is 6.62. The van der Waals surface area contributed by atoms with E-state index >= 15 is 0 Å². The Morgan fingerprint density at radius 1 is 1.13 bits per heavy atom. The van der Waals surface area contributed by atoms with Crippen LogP contribution >= 0.6 is 0 Å². The molecule has 1 aromatic carbocycles. The summed E-state index contributed by atoms with van der Waals surface area (Å²) in [5, 5.41) is 0. The summed E-state index contributed by atoms with van der Waals surface area (Å²) in [4.78, 5) is 0. The highest BCUT2D eigenvalue weighted by atomic mass is 14.0. The molecule has 0 saturated heterocycles. The van der Waals surface area contributed by atoms with Gasteiger partial charge in [-0.3, -0.25) is 0 Å². The number of benzene rings is 1. The van der Waals surface area contributed by atoms with Gasteiger partial charge in [0.05, 0.1) is 0 Å². The van der Waals surface area contributed by atoms with Crippen LogP contribution in [0.5, 0.6) is 0 Å². The minimum Gasteiger partial charge on any atom is -0.106 e. The molecule has 0 aromatic heterocycles. The van der Waals surface area contributed by atoms with Gasteiger partial charge in [0, 0.05) is 5.92 Å². The van der Waals surface area contributed by atoms with E-state index in [9.17, 15) is 0 Å². The molecule has 0 nitrogen and oxygen atoms in total. The molecular weight excluding hydrogens is 180 g/mol. The third kappa shape index (κ3) is 4.21. The third-order valence-electron chi connectivity index (χ3n) is 2.49. The molecule has 80 valence electrons. The lowest BCUT2D eigenvalue weighted by molar-refractivity contribution is 0.749. The summed E-state index contributed by atoms with van der Waals surface area (Å²) >= 11 is 0. The molecule has 1 aromatic rings. The van der Waals surface area contributed by atoms with Crippen molar-refractivity contribution in [2.24, 2.45) is 5.92 Å². The second-order valence-corrected chi connectivity index (χ2v) is 4.07. The van der Waals surface area contributed by atoms with Crippen molar-refractivity contribution < 1.29 is 0 Å². The summed E-state index contributed by atoms with van der Waals surface area (Å²) in [6, 6.07) is 8.95. The van der Waals surface area contributed by atoms with E-state index in [2.05, 4.69) is 50.0 Å². The standard InChI is InChI=1S/C15H20/c1-4-6-13(3)12-15-10-8-14(7-5-2)9-11-15/h8-11,13H,5,7,12H2,1-3H3. The highest BCUT2D eigenvalue weighted by Crippen LogP contribution is 2.10. The summed E-state index contributed by atoms with van der Waals surface area (Å²) in [5.41, 5.74) is 2.83. The van der Waals surface area contributed by atoms with E-state index in [1.165, 1.54) is 24.0 Å². The first-order valence-electron chi connectivity index (χ1n) is 5.76. The predicted octanol–water partition coefficient (Wildman–Crippen LogP) is 3.84. The first-order valence-corrected chi connectivity index (χ1v) is 5.76. The van der Waals surface area contributed by atoms with Gasteiger partial charge in [-0.1, -0.05) is 44.5 Å². The van der Waals surface area contributed by atoms with Crippen molar-refractivity contribution in [2.75, 3.05) is 0 Å². The minimum absolute atomic E-state index is 0.465. The summed E-state index contributed by atoms with van der Waals surface area (Å²) in [6.45, 7) is 6.30. The fourth-order valence-electron chi connectivity index (χ4n) is 1.78. The summed E-state index contributed by atoms with van der Waals surface area (Å²) < 4.78 is 0. The first-order chi connectivity index (χ1) is 7.26. The molecule has 15 heavy (non-hydrogen) atoms. The topological polar surface area (TPSA) is 0 Å². The fourth-order valence-corrected chi connectivity index (χ4v) is 1.78. The van der Waals surface area contributed by atoms with E-state index in [1.54, 1.807) is 0 Å². The molecule has 1 atom stereocenters. The Hall–Kier alpha value is -1.22. The van der Waals surface area contributed by atoms with E-state index < -0.39 is 0 Å². The molecule has 0 aliphatic heterocycles. The Labute approximate surface area is 93.7 Å². The predicted molar refractivity (Wildman–Crippen MR) is 66.8 cm³/mol. The normalized spacial score (nSPS) is 11.7. The highest BCUT2D eigenvalue weighted by Gasteiger charge is 1.99. The molecule has 0 aliphatic rings. The van der Waals surface area contributed by atoms with E-state index in [0.717, 1.165) is 6.42 Å². The van der Waals surface area contributed by atoms with Crippen LogP contribution in [-0.4, -0.2) is 0 Å². The van der Waals surface area contributed by atoms with Crippen molar-refractivity contribution in [3.63, 3.8) is 0 Å². The van der Waals surface area contributed by atoms with Gasteiger partial charge in [-0.15, -0.1) is 11.8 Å². The smallest absolute Gasteiger partial charge is 0.0214 e. The van der Waals surface area contributed by atoms with Crippen molar-refractivity contribution in [1.82, 2.24) is 0 Å². The number of hydrogen-bond donors (Lipinski definition) is 0. The van der Waals surface area contributed by atoms with Crippen LogP contribution in [0.25, 0.3) is 0 Å². The Bertz CT molecular complexity index is 335. The molecule has 0 spiro atoms. The minimum atomic E-state index is 0.465. The highest BCUT2D eigenvalue weighted by molar-refractivity contribution is 5.24. The molecule has 0 aliphatic carbocycles. The number of rotatable bonds is 4. The van der Waals surface area contributed by atoms with E-state index in [0.29, 0.717) is 5.92 Å². The van der Waals surface area contributed by atoms with Gasteiger partial charge in [0.15, 0.2) is 0 Å². The Morgan fingerprint density at radius 2 is 1.73 bits per heavy atom. The Morgan fingerprint density at radius 3 is 2.27 bits per heavy atom. The maximum atomic E-state index is 3.18. The van der Waals surface area contributed by atoms with E-state index in [4.69, 9.17) is 0 Å². The van der Waals surface area contributed by atoms with Crippen LogP contribution in [-0.2, 0) is 12.8 Å². The molecule has 1 unspecified atom stereocenters. The van der Waals surface area contributed by atoms with E-state index in [-0.39, 0.29) is 0 Å². The second kappa shape index (κ2) is 6.30. The van der Waals surface area contributed by atoms with Crippen LogP contribution in [0.4, 0.5) is 0 Å². The largest absolute Gasteiger partial charge is 0.106 e. The van der Waals surface area contributed by atoms with Gasteiger partial charge in [0.1, 0.15) is 0 Å². The van der Waals surface area contributed by atoms with Crippen molar-refractivity contribution >= 4 is 0 Å². The zero-order valence-corrected chi connectivity index (χ0v) is 10.0.